The predicted molar refractivity (Wildman–Crippen MR) is 121 cm³/mol. The number of hydrogen-bond acceptors (Lipinski definition) is 4. The molecular weight excluding hydrogens is 477 g/mol. The highest BCUT2D eigenvalue weighted by Crippen LogP contribution is 2.39. The third-order valence-corrected chi connectivity index (χ3v) is 8.13. The van der Waals surface area contributed by atoms with Gasteiger partial charge in [0.2, 0.25) is 10.0 Å². The molecule has 180 valence electrons. The van der Waals surface area contributed by atoms with Crippen molar-refractivity contribution in [2.45, 2.75) is 50.7 Å². The molecule has 1 unspecified atom stereocenters. The summed E-state index contributed by atoms with van der Waals surface area (Å²) in [6.07, 6.45) is -0.986. The quantitative estimate of drug-likeness (QED) is 0.574. The molecule has 33 heavy (non-hydrogen) atoms. The molecule has 1 aliphatic carbocycles. The highest BCUT2D eigenvalue weighted by atomic mass is 35.5. The molecule has 1 heterocycles. The number of hydrogen-bond donors (Lipinski definition) is 2. The normalized spacial score (nSPS) is 24.8. The summed E-state index contributed by atoms with van der Waals surface area (Å²) in [6.45, 7) is 1.28. The molecule has 2 N–H and O–H groups in total. The van der Waals surface area contributed by atoms with Crippen LogP contribution >= 0.6 is 11.6 Å². The molecule has 0 spiro atoms. The Labute approximate surface area is 196 Å². The van der Waals surface area contributed by atoms with Crippen LogP contribution < -0.4 is 4.72 Å². The Bertz CT molecular complexity index is 1130. The largest absolute Gasteiger partial charge is 0.378 e. The molecule has 1 aliphatic heterocycles. The van der Waals surface area contributed by atoms with Crippen LogP contribution in [0.2, 0.25) is 5.02 Å². The zero-order valence-corrected chi connectivity index (χ0v) is 19.6. The van der Waals surface area contributed by atoms with Gasteiger partial charge in [0, 0.05) is 23.7 Å². The molecule has 1 saturated carbocycles. The fraction of sp³-hybridized carbons (Fsp3) is 0.478. The van der Waals surface area contributed by atoms with E-state index in [1.807, 2.05) is 0 Å². The van der Waals surface area contributed by atoms with Crippen molar-refractivity contribution in [1.82, 2.24) is 9.62 Å². The SMILES string of the molecule is CCS(=O)(=O)N[C@H]1[C@@H](F)CN(C(O)C2CC2)[C@H]1Cc1cccc(-c2cccc(Cl)c2F)c1F. The van der Waals surface area contributed by atoms with Gasteiger partial charge in [0.15, 0.2) is 0 Å². The summed E-state index contributed by atoms with van der Waals surface area (Å²) < 4.78 is 71.9. The molecule has 0 bridgehead atoms. The van der Waals surface area contributed by atoms with Gasteiger partial charge in [0.1, 0.15) is 24.0 Å². The van der Waals surface area contributed by atoms with E-state index in [1.165, 1.54) is 42.2 Å². The number of aliphatic hydroxyl groups excluding tert-OH is 1. The Morgan fingerprint density at radius 1 is 1.15 bits per heavy atom. The van der Waals surface area contributed by atoms with Crippen molar-refractivity contribution in [3.8, 4) is 11.1 Å². The maximum atomic E-state index is 15.5. The summed E-state index contributed by atoms with van der Waals surface area (Å²) >= 11 is 5.85. The Morgan fingerprint density at radius 3 is 2.42 bits per heavy atom. The smallest absolute Gasteiger partial charge is 0.211 e. The number of nitrogens with zero attached hydrogens (tertiary/aromatic N) is 1. The van der Waals surface area contributed by atoms with Crippen molar-refractivity contribution < 1.29 is 26.7 Å². The molecule has 2 aliphatic rings. The van der Waals surface area contributed by atoms with Gasteiger partial charge in [0.25, 0.3) is 0 Å². The van der Waals surface area contributed by atoms with Crippen molar-refractivity contribution in [3.05, 3.63) is 58.6 Å². The number of alkyl halides is 1. The average molecular weight is 503 g/mol. The first-order chi connectivity index (χ1) is 15.6. The van der Waals surface area contributed by atoms with Crippen LogP contribution in [0.1, 0.15) is 25.3 Å². The van der Waals surface area contributed by atoms with Crippen LogP contribution in [0.5, 0.6) is 0 Å². The van der Waals surface area contributed by atoms with Crippen molar-refractivity contribution >= 4 is 21.6 Å². The van der Waals surface area contributed by atoms with E-state index in [4.69, 9.17) is 11.6 Å². The van der Waals surface area contributed by atoms with Crippen molar-refractivity contribution in [2.24, 2.45) is 5.92 Å². The topological polar surface area (TPSA) is 69.6 Å². The lowest BCUT2D eigenvalue weighted by atomic mass is 9.95. The number of benzene rings is 2. The van der Waals surface area contributed by atoms with Gasteiger partial charge in [-0.2, -0.15) is 0 Å². The van der Waals surface area contributed by atoms with E-state index in [0.29, 0.717) is 0 Å². The maximum Gasteiger partial charge on any atom is 0.211 e. The van der Waals surface area contributed by atoms with E-state index in [1.54, 1.807) is 6.07 Å². The predicted octanol–water partition coefficient (Wildman–Crippen LogP) is 3.89. The summed E-state index contributed by atoms with van der Waals surface area (Å²) in [6, 6.07) is 6.82. The second-order valence-corrected chi connectivity index (χ2v) is 11.1. The van der Waals surface area contributed by atoms with Crippen molar-refractivity contribution in [3.63, 3.8) is 0 Å². The third-order valence-electron chi connectivity index (χ3n) is 6.44. The maximum absolute atomic E-state index is 15.5. The van der Waals surface area contributed by atoms with Gasteiger partial charge in [-0.05, 0) is 43.7 Å². The van der Waals surface area contributed by atoms with Crippen LogP contribution in [0.25, 0.3) is 11.1 Å². The molecule has 4 rings (SSSR count). The molecule has 10 heteroatoms. The molecule has 0 amide bonds. The van der Waals surface area contributed by atoms with Gasteiger partial charge in [-0.1, -0.05) is 41.9 Å². The Balaban J connectivity index is 1.70. The Kier molecular flexibility index (Phi) is 7.08. The second-order valence-electron chi connectivity index (χ2n) is 8.66. The van der Waals surface area contributed by atoms with Gasteiger partial charge in [-0.25, -0.2) is 26.3 Å². The van der Waals surface area contributed by atoms with E-state index >= 15 is 8.78 Å². The van der Waals surface area contributed by atoms with Crippen LogP contribution in [0, 0.1) is 17.6 Å². The molecule has 4 atom stereocenters. The third kappa shape index (κ3) is 5.07. The molecule has 0 aromatic heterocycles. The lowest BCUT2D eigenvalue weighted by Crippen LogP contribution is -2.51. The van der Waals surface area contributed by atoms with E-state index in [9.17, 15) is 17.9 Å². The number of sulfonamides is 1. The summed E-state index contributed by atoms with van der Waals surface area (Å²) in [5.41, 5.74) is 0.164. The van der Waals surface area contributed by atoms with Gasteiger partial charge < -0.3 is 5.11 Å². The fourth-order valence-corrected chi connectivity index (χ4v) is 5.50. The molecule has 0 radical (unpaired) electrons. The highest BCUT2D eigenvalue weighted by molar-refractivity contribution is 7.89. The van der Waals surface area contributed by atoms with E-state index in [0.717, 1.165) is 12.8 Å². The number of likely N-dealkylation sites (tertiary alicyclic amines) is 1. The fourth-order valence-electron chi connectivity index (χ4n) is 4.44. The van der Waals surface area contributed by atoms with Crippen LogP contribution in [0.4, 0.5) is 13.2 Å². The zero-order valence-electron chi connectivity index (χ0n) is 18.0. The van der Waals surface area contributed by atoms with Crippen molar-refractivity contribution in [2.75, 3.05) is 12.3 Å². The summed E-state index contributed by atoms with van der Waals surface area (Å²) in [5.74, 6) is -1.69. The van der Waals surface area contributed by atoms with Gasteiger partial charge in [-0.3, -0.25) is 4.90 Å². The number of nitrogens with one attached hydrogen (secondary N) is 1. The summed E-state index contributed by atoms with van der Waals surface area (Å²) in [4.78, 5) is 1.53. The summed E-state index contributed by atoms with van der Waals surface area (Å²) in [7, 11) is -3.74. The number of halogens is 4. The average Bonchev–Trinajstić information content (AvgIpc) is 3.58. The van der Waals surface area contributed by atoms with Crippen molar-refractivity contribution in [1.29, 1.82) is 0 Å². The minimum Gasteiger partial charge on any atom is -0.378 e. The standard InChI is InChI=1S/C23H26ClF3N2O3S/c1-2-33(31,32)28-22-18(25)12-29(23(30)13-9-10-13)19(22)11-14-5-3-6-15(20(14)26)16-7-4-8-17(24)21(16)27/h3-8,13,18-19,22-23,28,30H,2,9-12H2,1H3/t18-,19-,22-,23?/m0/s1. The van der Waals surface area contributed by atoms with Gasteiger partial charge >= 0.3 is 0 Å². The first-order valence-electron chi connectivity index (χ1n) is 10.9. The second kappa shape index (κ2) is 9.54. The highest BCUT2D eigenvalue weighted by Gasteiger charge is 2.49. The minimum absolute atomic E-state index is 0.00211. The molecule has 2 fully saturated rings. The van der Waals surface area contributed by atoms with Crippen LogP contribution in [0.3, 0.4) is 0 Å². The summed E-state index contributed by atoms with van der Waals surface area (Å²) in [5, 5.41) is 10.6. The zero-order chi connectivity index (χ0) is 23.9. The minimum atomic E-state index is -3.74. The van der Waals surface area contributed by atoms with Gasteiger partial charge in [0.05, 0.1) is 16.8 Å². The lowest BCUT2D eigenvalue weighted by molar-refractivity contribution is -0.0248. The monoisotopic (exact) mass is 502 g/mol. The lowest BCUT2D eigenvalue weighted by Gasteiger charge is -2.32. The van der Waals surface area contributed by atoms with Crippen LogP contribution in [-0.4, -0.2) is 55.2 Å². The Morgan fingerprint density at radius 2 is 1.79 bits per heavy atom. The van der Waals surface area contributed by atoms with Crippen LogP contribution in [0.15, 0.2) is 36.4 Å². The van der Waals surface area contributed by atoms with E-state index in [2.05, 4.69) is 4.72 Å². The molecule has 2 aromatic carbocycles. The van der Waals surface area contributed by atoms with E-state index < -0.39 is 46.1 Å². The molecular formula is C23H26ClF3N2O3S. The number of rotatable bonds is 8. The molecule has 5 nitrogen and oxygen atoms in total. The molecule has 1 saturated heterocycles. The number of aliphatic hydroxyl groups is 1. The first kappa shape index (κ1) is 24.5. The first-order valence-corrected chi connectivity index (χ1v) is 13.0. The van der Waals surface area contributed by atoms with Crippen LogP contribution in [-0.2, 0) is 16.4 Å². The Hall–Kier alpha value is -1.65. The van der Waals surface area contributed by atoms with Gasteiger partial charge in [-0.15, -0.1) is 0 Å². The molecule has 2 aromatic rings. The van der Waals surface area contributed by atoms with E-state index in [-0.39, 0.29) is 46.3 Å².